The Kier molecular flexibility index (Phi) is 4.88. The molecule has 3 heterocycles. The van der Waals surface area contributed by atoms with E-state index in [1.165, 1.54) is 0 Å². The number of aryl methyl sites for hydroxylation is 2. The van der Waals surface area contributed by atoms with Crippen molar-refractivity contribution in [2.75, 3.05) is 18.1 Å². The van der Waals surface area contributed by atoms with Crippen LogP contribution in [0.25, 0.3) is 0 Å². The lowest BCUT2D eigenvalue weighted by Crippen LogP contribution is -2.41. The molecule has 0 aromatic heterocycles. The Balaban J connectivity index is 1.30. The highest BCUT2D eigenvalue weighted by Crippen LogP contribution is 2.53. The number of nitrogens with one attached hydrogen (secondary N) is 1. The molecule has 0 unspecified atom stereocenters. The van der Waals surface area contributed by atoms with E-state index < -0.39 is 29.5 Å². The van der Waals surface area contributed by atoms with E-state index in [4.69, 9.17) is 9.47 Å². The molecule has 4 aliphatic rings. The first-order chi connectivity index (χ1) is 14.9. The van der Waals surface area contributed by atoms with Gasteiger partial charge in [-0.1, -0.05) is 31.1 Å². The van der Waals surface area contributed by atoms with Crippen LogP contribution in [0.3, 0.4) is 0 Å². The van der Waals surface area contributed by atoms with Gasteiger partial charge in [0.2, 0.25) is 5.91 Å². The van der Waals surface area contributed by atoms with Gasteiger partial charge in [0.1, 0.15) is 11.5 Å². The third-order valence-corrected chi connectivity index (χ3v) is 6.96. The molecule has 1 N–H and O–H groups in total. The Hall–Kier alpha value is -2.67. The number of carbonyl (C=O) groups is 3. The predicted octanol–water partition coefficient (Wildman–Crippen LogP) is 2.19. The number of nitrogens with zero attached hydrogens (tertiary/aromatic N) is 1. The fourth-order valence-electron chi connectivity index (χ4n) is 5.66. The molecule has 164 valence electrons. The van der Waals surface area contributed by atoms with Gasteiger partial charge in [0.25, 0.3) is 5.91 Å². The minimum absolute atomic E-state index is 0.130. The zero-order valence-corrected chi connectivity index (χ0v) is 17.9. The molecule has 1 aliphatic carbocycles. The standard InChI is InChI=1S/C24H28N2O5/c1-14-9-15(2)11-17(10-14)26-13-24-8-7-18(31-24)20(21(24)22(26)28)23(29)30-12-19(27)25-16-5-3-4-6-16/h7-11,16,18,20-21H,3-6,12-13H2,1-2H3,(H,25,27)/t18-,20-,21+,24-/m1/s1. The number of carbonyl (C=O) groups excluding carboxylic acids is 3. The first kappa shape index (κ1) is 20.2. The van der Waals surface area contributed by atoms with E-state index in [-0.39, 0.29) is 24.5 Å². The maximum absolute atomic E-state index is 13.4. The van der Waals surface area contributed by atoms with Crippen molar-refractivity contribution in [3.63, 3.8) is 0 Å². The fourth-order valence-corrected chi connectivity index (χ4v) is 5.66. The quantitative estimate of drug-likeness (QED) is 0.579. The summed E-state index contributed by atoms with van der Waals surface area (Å²) in [6, 6.07) is 6.17. The van der Waals surface area contributed by atoms with Crippen LogP contribution < -0.4 is 10.2 Å². The average Bonchev–Trinajstić information content (AvgIpc) is 3.48. The number of amides is 2. The topological polar surface area (TPSA) is 84.9 Å². The molecule has 31 heavy (non-hydrogen) atoms. The van der Waals surface area contributed by atoms with Crippen LogP contribution in [0.15, 0.2) is 30.4 Å². The number of hydrogen-bond acceptors (Lipinski definition) is 5. The van der Waals surface area contributed by atoms with Crippen molar-refractivity contribution in [1.29, 1.82) is 0 Å². The van der Waals surface area contributed by atoms with Crippen molar-refractivity contribution in [3.8, 4) is 0 Å². The van der Waals surface area contributed by atoms with Crippen molar-refractivity contribution in [3.05, 3.63) is 41.5 Å². The Morgan fingerprint density at radius 2 is 1.90 bits per heavy atom. The van der Waals surface area contributed by atoms with E-state index in [1.807, 2.05) is 38.1 Å². The number of rotatable bonds is 5. The molecule has 1 spiro atoms. The van der Waals surface area contributed by atoms with Gasteiger partial charge in [0.15, 0.2) is 6.61 Å². The van der Waals surface area contributed by atoms with Crippen molar-refractivity contribution >= 4 is 23.5 Å². The van der Waals surface area contributed by atoms with Crippen LogP contribution in [0.2, 0.25) is 0 Å². The third kappa shape index (κ3) is 3.45. The van der Waals surface area contributed by atoms with Gasteiger partial charge in [-0.2, -0.15) is 0 Å². The number of benzene rings is 1. The molecule has 0 radical (unpaired) electrons. The van der Waals surface area contributed by atoms with Crippen LogP contribution in [0.4, 0.5) is 5.69 Å². The normalized spacial score (nSPS) is 31.4. The van der Waals surface area contributed by atoms with Gasteiger partial charge in [-0.3, -0.25) is 14.4 Å². The van der Waals surface area contributed by atoms with Gasteiger partial charge in [0, 0.05) is 11.7 Å². The van der Waals surface area contributed by atoms with Crippen molar-refractivity contribution in [2.45, 2.75) is 57.3 Å². The first-order valence-electron chi connectivity index (χ1n) is 11.1. The zero-order chi connectivity index (χ0) is 21.8. The Morgan fingerprint density at radius 3 is 2.61 bits per heavy atom. The molecule has 7 heteroatoms. The lowest BCUT2D eigenvalue weighted by atomic mass is 9.77. The molecule has 3 aliphatic heterocycles. The van der Waals surface area contributed by atoms with Crippen LogP contribution in [0, 0.1) is 25.7 Å². The molecule has 2 amide bonds. The maximum atomic E-state index is 13.4. The van der Waals surface area contributed by atoms with E-state index in [0.29, 0.717) is 6.54 Å². The summed E-state index contributed by atoms with van der Waals surface area (Å²) in [5.41, 5.74) is 2.15. The van der Waals surface area contributed by atoms with Crippen molar-refractivity contribution in [1.82, 2.24) is 5.32 Å². The number of anilines is 1. The van der Waals surface area contributed by atoms with Crippen LogP contribution >= 0.6 is 0 Å². The van der Waals surface area contributed by atoms with Crippen LogP contribution in [0.5, 0.6) is 0 Å². The average molecular weight is 424 g/mol. The van der Waals surface area contributed by atoms with Gasteiger partial charge in [-0.15, -0.1) is 0 Å². The first-order valence-corrected chi connectivity index (χ1v) is 11.1. The molecular formula is C24H28N2O5. The summed E-state index contributed by atoms with van der Waals surface area (Å²) < 4.78 is 11.5. The second-order valence-corrected chi connectivity index (χ2v) is 9.33. The summed E-state index contributed by atoms with van der Waals surface area (Å²) in [5.74, 6) is -2.32. The van der Waals surface area contributed by atoms with E-state index in [1.54, 1.807) is 4.90 Å². The van der Waals surface area contributed by atoms with Gasteiger partial charge in [0.05, 0.1) is 18.6 Å². The zero-order valence-electron chi connectivity index (χ0n) is 17.9. The Bertz CT molecular complexity index is 946. The lowest BCUT2D eigenvalue weighted by Gasteiger charge is -2.23. The number of ether oxygens (including phenoxy) is 2. The molecule has 5 rings (SSSR count). The molecular weight excluding hydrogens is 396 g/mol. The summed E-state index contributed by atoms with van der Waals surface area (Å²) in [5, 5.41) is 2.92. The number of esters is 1. The summed E-state index contributed by atoms with van der Waals surface area (Å²) in [6.45, 7) is 4.04. The molecule has 4 atom stereocenters. The molecule has 1 saturated carbocycles. The summed E-state index contributed by atoms with van der Waals surface area (Å²) in [7, 11) is 0. The highest BCUT2D eigenvalue weighted by atomic mass is 16.6. The second-order valence-electron chi connectivity index (χ2n) is 9.33. The molecule has 7 nitrogen and oxygen atoms in total. The maximum Gasteiger partial charge on any atom is 0.313 e. The van der Waals surface area contributed by atoms with Gasteiger partial charge < -0.3 is 19.7 Å². The monoisotopic (exact) mass is 424 g/mol. The van der Waals surface area contributed by atoms with E-state index in [2.05, 4.69) is 11.4 Å². The van der Waals surface area contributed by atoms with E-state index in [9.17, 15) is 14.4 Å². The summed E-state index contributed by atoms with van der Waals surface area (Å²) in [6.07, 6.45) is 7.44. The molecule has 1 aromatic rings. The van der Waals surface area contributed by atoms with Crippen LogP contribution in [0.1, 0.15) is 36.8 Å². The third-order valence-electron chi connectivity index (χ3n) is 6.96. The minimum Gasteiger partial charge on any atom is -0.455 e. The van der Waals surface area contributed by atoms with Gasteiger partial charge >= 0.3 is 5.97 Å². The Morgan fingerprint density at radius 1 is 1.19 bits per heavy atom. The SMILES string of the molecule is Cc1cc(C)cc(N2C[C@@]34C=C[C@@H](O3)[C@@H](C(=O)OCC(=O)NC3CCCC3)[C@H]4C2=O)c1. The van der Waals surface area contributed by atoms with Crippen LogP contribution in [-0.2, 0) is 23.9 Å². The second kappa shape index (κ2) is 7.48. The highest BCUT2D eigenvalue weighted by Gasteiger charge is 2.67. The molecule has 1 aromatic carbocycles. The van der Waals surface area contributed by atoms with Crippen molar-refractivity contribution < 1.29 is 23.9 Å². The summed E-state index contributed by atoms with van der Waals surface area (Å²) >= 11 is 0. The predicted molar refractivity (Wildman–Crippen MR) is 113 cm³/mol. The van der Waals surface area contributed by atoms with Gasteiger partial charge in [-0.05, 0) is 49.9 Å². The highest BCUT2D eigenvalue weighted by molar-refractivity contribution is 6.02. The smallest absolute Gasteiger partial charge is 0.313 e. The van der Waals surface area contributed by atoms with Crippen LogP contribution in [-0.4, -0.2) is 48.7 Å². The van der Waals surface area contributed by atoms with Gasteiger partial charge in [-0.25, -0.2) is 0 Å². The Labute approximate surface area is 181 Å². The minimum atomic E-state index is -0.810. The number of hydrogen-bond donors (Lipinski definition) is 1. The fraction of sp³-hybridized carbons (Fsp3) is 0.542. The lowest BCUT2D eigenvalue weighted by molar-refractivity contribution is -0.155. The summed E-state index contributed by atoms with van der Waals surface area (Å²) in [4.78, 5) is 40.2. The van der Waals surface area contributed by atoms with E-state index >= 15 is 0 Å². The molecule has 2 saturated heterocycles. The molecule has 3 fully saturated rings. The van der Waals surface area contributed by atoms with E-state index in [0.717, 1.165) is 42.5 Å². The largest absolute Gasteiger partial charge is 0.455 e. The van der Waals surface area contributed by atoms with Crippen molar-refractivity contribution in [2.24, 2.45) is 11.8 Å². The number of fused-ring (bicyclic) bond motifs is 1. The molecule has 2 bridgehead atoms.